The van der Waals surface area contributed by atoms with Gasteiger partial charge in [-0.2, -0.15) is 4.98 Å². The standard InChI is InChI=1S/C8H11N3O.CH5P/c9-8(3-4-8)7-10-6(12-11-7)5-1-2-5;1-2/h5H,1-4,9H2;2H2,1H3. The number of hydrogen-bond donors (Lipinski definition) is 1. The Hall–Kier alpha value is -0.470. The van der Waals surface area contributed by atoms with E-state index >= 15 is 0 Å². The largest absolute Gasteiger partial charge is 0.339 e. The predicted molar refractivity (Wildman–Crippen MR) is 57.0 cm³/mol. The summed E-state index contributed by atoms with van der Waals surface area (Å²) in [7, 11) is 2.42. The van der Waals surface area contributed by atoms with Crippen LogP contribution in [0.15, 0.2) is 4.52 Å². The summed E-state index contributed by atoms with van der Waals surface area (Å²) in [6.07, 6.45) is 4.38. The first-order chi connectivity index (χ1) is 6.78. The van der Waals surface area contributed by atoms with Crippen LogP contribution in [0.25, 0.3) is 0 Å². The van der Waals surface area contributed by atoms with Crippen molar-refractivity contribution in [1.82, 2.24) is 10.1 Å². The van der Waals surface area contributed by atoms with E-state index in [1.54, 1.807) is 0 Å². The van der Waals surface area contributed by atoms with E-state index in [0.29, 0.717) is 11.7 Å². The van der Waals surface area contributed by atoms with Crippen molar-refractivity contribution in [3.8, 4) is 0 Å². The van der Waals surface area contributed by atoms with Crippen LogP contribution < -0.4 is 5.73 Å². The zero-order valence-corrected chi connectivity index (χ0v) is 9.52. The third kappa shape index (κ3) is 1.82. The lowest BCUT2D eigenvalue weighted by atomic mass is 10.3. The summed E-state index contributed by atoms with van der Waals surface area (Å²) in [5.74, 6) is 2.04. The summed E-state index contributed by atoms with van der Waals surface area (Å²) in [5, 5.41) is 3.90. The molecule has 78 valence electrons. The van der Waals surface area contributed by atoms with Gasteiger partial charge in [0.25, 0.3) is 0 Å². The number of nitrogens with zero attached hydrogens (tertiary/aromatic N) is 2. The Morgan fingerprint density at radius 3 is 2.57 bits per heavy atom. The molecule has 0 bridgehead atoms. The van der Waals surface area contributed by atoms with E-state index in [-0.39, 0.29) is 5.54 Å². The Bertz CT molecular complexity index is 318. The van der Waals surface area contributed by atoms with Gasteiger partial charge in [-0.15, -0.1) is 9.24 Å². The molecule has 2 aliphatic carbocycles. The molecule has 0 spiro atoms. The number of hydrogen-bond acceptors (Lipinski definition) is 4. The first-order valence-electron chi connectivity index (χ1n) is 4.99. The van der Waals surface area contributed by atoms with Crippen molar-refractivity contribution >= 4 is 9.24 Å². The molecule has 2 aliphatic rings. The van der Waals surface area contributed by atoms with E-state index in [2.05, 4.69) is 19.4 Å². The van der Waals surface area contributed by atoms with E-state index in [1.807, 2.05) is 6.66 Å². The first kappa shape index (κ1) is 10.1. The van der Waals surface area contributed by atoms with E-state index in [4.69, 9.17) is 10.3 Å². The fourth-order valence-corrected chi connectivity index (χ4v) is 1.29. The minimum Gasteiger partial charge on any atom is -0.339 e. The number of rotatable bonds is 2. The third-order valence-electron chi connectivity index (χ3n) is 2.60. The quantitative estimate of drug-likeness (QED) is 0.754. The molecule has 1 aromatic rings. The fourth-order valence-electron chi connectivity index (χ4n) is 1.29. The van der Waals surface area contributed by atoms with E-state index < -0.39 is 0 Å². The van der Waals surface area contributed by atoms with Gasteiger partial charge < -0.3 is 10.3 Å². The predicted octanol–water partition coefficient (Wildman–Crippen LogP) is 1.39. The average Bonchev–Trinajstić information content (AvgIpc) is 3.14. The van der Waals surface area contributed by atoms with Crippen LogP contribution in [0.3, 0.4) is 0 Å². The van der Waals surface area contributed by atoms with Crippen molar-refractivity contribution in [2.75, 3.05) is 6.66 Å². The lowest BCUT2D eigenvalue weighted by molar-refractivity contribution is 0.369. The monoisotopic (exact) mass is 213 g/mol. The molecule has 1 heterocycles. The van der Waals surface area contributed by atoms with Gasteiger partial charge in [-0.25, -0.2) is 0 Å². The van der Waals surface area contributed by atoms with Crippen LogP contribution in [0.1, 0.15) is 43.3 Å². The fraction of sp³-hybridized carbons (Fsp3) is 0.778. The van der Waals surface area contributed by atoms with Gasteiger partial charge in [0.2, 0.25) is 5.89 Å². The SMILES string of the molecule is CP.NC1(c2noc(C3CC3)n2)CC1. The highest BCUT2D eigenvalue weighted by atomic mass is 31.0. The summed E-state index contributed by atoms with van der Waals surface area (Å²) < 4.78 is 5.11. The molecule has 3 rings (SSSR count). The maximum Gasteiger partial charge on any atom is 0.229 e. The van der Waals surface area contributed by atoms with Crippen LogP contribution in [0.4, 0.5) is 0 Å². The van der Waals surface area contributed by atoms with Crippen LogP contribution in [-0.4, -0.2) is 16.8 Å². The molecule has 2 N–H and O–H groups in total. The Morgan fingerprint density at radius 2 is 2.07 bits per heavy atom. The minimum atomic E-state index is -0.239. The molecular formula is C9H16N3OP. The molecular weight excluding hydrogens is 197 g/mol. The molecule has 14 heavy (non-hydrogen) atoms. The molecule has 0 aromatic carbocycles. The highest BCUT2D eigenvalue weighted by Crippen LogP contribution is 2.43. The number of aromatic nitrogens is 2. The van der Waals surface area contributed by atoms with E-state index in [1.165, 1.54) is 12.8 Å². The first-order valence-corrected chi connectivity index (χ1v) is 6.14. The van der Waals surface area contributed by atoms with Crippen molar-refractivity contribution in [2.24, 2.45) is 5.73 Å². The van der Waals surface area contributed by atoms with Gasteiger partial charge in [0.15, 0.2) is 5.82 Å². The molecule has 2 fully saturated rings. The molecule has 0 radical (unpaired) electrons. The smallest absolute Gasteiger partial charge is 0.229 e. The lowest BCUT2D eigenvalue weighted by Gasteiger charge is -1.97. The molecule has 0 saturated heterocycles. The minimum absolute atomic E-state index is 0.239. The Labute approximate surface area is 85.8 Å². The second-order valence-corrected chi connectivity index (χ2v) is 3.89. The number of nitrogens with two attached hydrogens (primary N) is 1. The summed E-state index contributed by atoms with van der Waals surface area (Å²) in [6, 6.07) is 0. The molecule has 0 amide bonds. The van der Waals surface area contributed by atoms with Crippen molar-refractivity contribution in [3.63, 3.8) is 0 Å². The second kappa shape index (κ2) is 3.59. The van der Waals surface area contributed by atoms with Gasteiger partial charge >= 0.3 is 0 Å². The highest BCUT2D eigenvalue weighted by molar-refractivity contribution is 7.15. The van der Waals surface area contributed by atoms with Crippen LogP contribution in [-0.2, 0) is 5.54 Å². The molecule has 1 aromatic heterocycles. The highest BCUT2D eigenvalue weighted by Gasteiger charge is 2.45. The Balaban J connectivity index is 0.000000354. The summed E-state index contributed by atoms with van der Waals surface area (Å²) in [5.41, 5.74) is 5.68. The molecule has 1 unspecified atom stereocenters. The Kier molecular flexibility index (Phi) is 2.58. The van der Waals surface area contributed by atoms with Gasteiger partial charge in [-0.05, 0) is 25.7 Å². The molecule has 2 saturated carbocycles. The van der Waals surface area contributed by atoms with Gasteiger partial charge in [0.1, 0.15) is 0 Å². The summed E-state index contributed by atoms with van der Waals surface area (Å²) in [6.45, 7) is 1.92. The van der Waals surface area contributed by atoms with Gasteiger partial charge in [-0.1, -0.05) is 11.8 Å². The van der Waals surface area contributed by atoms with Crippen LogP contribution in [0.5, 0.6) is 0 Å². The van der Waals surface area contributed by atoms with Crippen LogP contribution in [0.2, 0.25) is 0 Å². The molecule has 5 heteroatoms. The zero-order chi connectivity index (χ0) is 10.2. The van der Waals surface area contributed by atoms with Crippen LogP contribution >= 0.6 is 9.24 Å². The van der Waals surface area contributed by atoms with Gasteiger partial charge in [0.05, 0.1) is 5.54 Å². The second-order valence-electron chi connectivity index (χ2n) is 3.89. The molecule has 0 aliphatic heterocycles. The lowest BCUT2D eigenvalue weighted by Crippen LogP contribution is -2.20. The Morgan fingerprint density at radius 1 is 1.43 bits per heavy atom. The van der Waals surface area contributed by atoms with E-state index in [0.717, 1.165) is 18.7 Å². The third-order valence-corrected chi connectivity index (χ3v) is 2.60. The maximum absolute atomic E-state index is 5.92. The maximum atomic E-state index is 5.92. The van der Waals surface area contributed by atoms with Crippen molar-refractivity contribution in [2.45, 2.75) is 37.1 Å². The topological polar surface area (TPSA) is 64.9 Å². The summed E-state index contributed by atoms with van der Waals surface area (Å²) >= 11 is 0. The summed E-state index contributed by atoms with van der Waals surface area (Å²) in [4.78, 5) is 4.30. The normalized spacial score (nSPS) is 22.5. The van der Waals surface area contributed by atoms with Crippen molar-refractivity contribution in [3.05, 3.63) is 11.7 Å². The molecule has 4 nitrogen and oxygen atoms in total. The van der Waals surface area contributed by atoms with Gasteiger partial charge in [-0.3, -0.25) is 0 Å². The zero-order valence-electron chi connectivity index (χ0n) is 8.36. The van der Waals surface area contributed by atoms with Crippen molar-refractivity contribution in [1.29, 1.82) is 0 Å². The average molecular weight is 213 g/mol. The molecule has 1 atom stereocenters. The van der Waals surface area contributed by atoms with E-state index in [9.17, 15) is 0 Å². The van der Waals surface area contributed by atoms with Crippen molar-refractivity contribution < 1.29 is 4.52 Å². The van der Waals surface area contributed by atoms with Crippen LogP contribution in [0, 0.1) is 0 Å². The van der Waals surface area contributed by atoms with Gasteiger partial charge in [0, 0.05) is 5.92 Å².